The van der Waals surface area contributed by atoms with Crippen molar-refractivity contribution in [2.24, 2.45) is 0 Å². The van der Waals surface area contributed by atoms with Crippen LogP contribution in [0.3, 0.4) is 0 Å². The first-order chi connectivity index (χ1) is 10.2. The van der Waals surface area contributed by atoms with Gasteiger partial charge in [-0.05, 0) is 23.3 Å². The molecule has 1 aliphatic rings. The largest absolute Gasteiger partial charge is 0.448 e. The van der Waals surface area contributed by atoms with Crippen molar-refractivity contribution in [1.29, 1.82) is 0 Å². The highest BCUT2D eigenvalue weighted by Crippen LogP contribution is 2.20. The van der Waals surface area contributed by atoms with Crippen molar-refractivity contribution < 1.29 is 14.3 Å². The molecule has 5 nitrogen and oxygen atoms in total. The van der Waals surface area contributed by atoms with Crippen LogP contribution in [0, 0.1) is 0 Å². The van der Waals surface area contributed by atoms with Gasteiger partial charge in [-0.1, -0.05) is 24.3 Å². The van der Waals surface area contributed by atoms with Gasteiger partial charge in [0.15, 0.2) is 6.10 Å². The molecule has 1 aliphatic heterocycles. The molecule has 0 fully saturated rings. The predicted molar refractivity (Wildman–Crippen MR) is 75.4 cm³/mol. The van der Waals surface area contributed by atoms with E-state index in [0.717, 1.165) is 11.1 Å². The molecule has 1 N–H and O–H groups in total. The van der Waals surface area contributed by atoms with E-state index < -0.39 is 12.1 Å². The van der Waals surface area contributed by atoms with E-state index in [-0.39, 0.29) is 5.91 Å². The second-order valence-electron chi connectivity index (χ2n) is 4.83. The van der Waals surface area contributed by atoms with Gasteiger partial charge in [0.05, 0.1) is 5.56 Å². The average molecular weight is 282 g/mol. The van der Waals surface area contributed by atoms with Gasteiger partial charge in [-0.15, -0.1) is 0 Å². The number of nitrogens with one attached hydrogen (secondary N) is 1. The van der Waals surface area contributed by atoms with Crippen LogP contribution in [0.5, 0.6) is 0 Å². The summed E-state index contributed by atoms with van der Waals surface area (Å²) in [6.07, 6.45) is 2.98. The van der Waals surface area contributed by atoms with Crippen molar-refractivity contribution in [2.45, 2.75) is 19.1 Å². The van der Waals surface area contributed by atoms with E-state index in [4.69, 9.17) is 4.74 Å². The fourth-order valence-electron chi connectivity index (χ4n) is 2.28. The highest BCUT2D eigenvalue weighted by molar-refractivity contribution is 5.95. The number of rotatable bonds is 3. The molecule has 0 radical (unpaired) electrons. The highest BCUT2D eigenvalue weighted by Gasteiger charge is 2.30. The van der Waals surface area contributed by atoms with Gasteiger partial charge < -0.3 is 10.1 Å². The van der Waals surface area contributed by atoms with E-state index in [1.165, 1.54) is 0 Å². The van der Waals surface area contributed by atoms with Crippen LogP contribution in [0.2, 0.25) is 0 Å². The Morgan fingerprint density at radius 1 is 1.29 bits per heavy atom. The van der Waals surface area contributed by atoms with E-state index in [2.05, 4.69) is 10.3 Å². The summed E-state index contributed by atoms with van der Waals surface area (Å²) in [6, 6.07) is 10.9. The Bertz CT molecular complexity index is 670. The molecule has 0 aliphatic carbocycles. The first-order valence-electron chi connectivity index (χ1n) is 6.69. The summed E-state index contributed by atoms with van der Waals surface area (Å²) < 4.78 is 5.20. The normalized spacial score (nSPS) is 16.8. The zero-order valence-electron chi connectivity index (χ0n) is 11.3. The van der Waals surface area contributed by atoms with Crippen molar-refractivity contribution in [3.8, 4) is 0 Å². The summed E-state index contributed by atoms with van der Waals surface area (Å²) in [5.41, 5.74) is 2.28. The molecule has 3 rings (SSSR count). The Morgan fingerprint density at radius 3 is 2.95 bits per heavy atom. The molecular weight excluding hydrogens is 268 g/mol. The van der Waals surface area contributed by atoms with Crippen LogP contribution < -0.4 is 5.32 Å². The SMILES string of the molecule is O=C1OC(C(=O)NCc2cccnc2)Cc2ccccc21. The molecule has 0 saturated carbocycles. The smallest absolute Gasteiger partial charge is 0.339 e. The monoisotopic (exact) mass is 282 g/mol. The number of cyclic esters (lactones) is 1. The van der Waals surface area contributed by atoms with Crippen LogP contribution in [0.1, 0.15) is 21.5 Å². The number of amides is 1. The van der Waals surface area contributed by atoms with Gasteiger partial charge in [0, 0.05) is 25.4 Å². The number of aromatic nitrogens is 1. The molecule has 0 bridgehead atoms. The molecule has 2 aromatic rings. The average Bonchev–Trinajstić information content (AvgIpc) is 2.53. The summed E-state index contributed by atoms with van der Waals surface area (Å²) in [4.78, 5) is 28.0. The number of benzene rings is 1. The van der Waals surface area contributed by atoms with Crippen molar-refractivity contribution >= 4 is 11.9 Å². The lowest BCUT2D eigenvalue weighted by Crippen LogP contribution is -2.41. The highest BCUT2D eigenvalue weighted by atomic mass is 16.5. The molecule has 1 aromatic carbocycles. The van der Waals surface area contributed by atoms with Crippen LogP contribution in [-0.4, -0.2) is 23.0 Å². The lowest BCUT2D eigenvalue weighted by molar-refractivity contribution is -0.130. The molecule has 0 spiro atoms. The molecule has 21 heavy (non-hydrogen) atoms. The lowest BCUT2D eigenvalue weighted by Gasteiger charge is -2.23. The quantitative estimate of drug-likeness (QED) is 0.866. The molecule has 0 saturated heterocycles. The molecule has 1 aromatic heterocycles. The van der Waals surface area contributed by atoms with E-state index in [1.807, 2.05) is 18.2 Å². The maximum Gasteiger partial charge on any atom is 0.339 e. The fraction of sp³-hybridized carbons (Fsp3) is 0.188. The van der Waals surface area contributed by atoms with Gasteiger partial charge in [-0.3, -0.25) is 9.78 Å². The Kier molecular flexibility index (Phi) is 3.64. The van der Waals surface area contributed by atoms with Crippen molar-refractivity contribution in [2.75, 3.05) is 0 Å². The second kappa shape index (κ2) is 5.75. The third-order valence-corrected chi connectivity index (χ3v) is 3.37. The maximum absolute atomic E-state index is 12.1. The van der Waals surface area contributed by atoms with Gasteiger partial charge in [0.1, 0.15) is 0 Å². The van der Waals surface area contributed by atoms with Gasteiger partial charge in [0.25, 0.3) is 5.91 Å². The van der Waals surface area contributed by atoms with Crippen LogP contribution in [0.4, 0.5) is 0 Å². The number of esters is 1. The number of ether oxygens (including phenoxy) is 1. The van der Waals surface area contributed by atoms with Crippen LogP contribution in [0.25, 0.3) is 0 Å². The molecular formula is C16H14N2O3. The van der Waals surface area contributed by atoms with E-state index >= 15 is 0 Å². The Labute approximate surface area is 122 Å². The van der Waals surface area contributed by atoms with Gasteiger partial charge in [0.2, 0.25) is 0 Å². The van der Waals surface area contributed by atoms with E-state index in [9.17, 15) is 9.59 Å². The molecule has 2 heterocycles. The predicted octanol–water partition coefficient (Wildman–Crippen LogP) is 1.48. The number of fused-ring (bicyclic) bond motifs is 1. The molecule has 1 atom stereocenters. The van der Waals surface area contributed by atoms with Gasteiger partial charge in [-0.2, -0.15) is 0 Å². The maximum atomic E-state index is 12.1. The molecule has 1 unspecified atom stereocenters. The molecule has 1 amide bonds. The zero-order valence-corrected chi connectivity index (χ0v) is 11.3. The molecule has 106 valence electrons. The third-order valence-electron chi connectivity index (χ3n) is 3.37. The third kappa shape index (κ3) is 2.91. The minimum absolute atomic E-state index is 0.290. The first-order valence-corrected chi connectivity index (χ1v) is 6.69. The summed E-state index contributed by atoms with van der Waals surface area (Å²) in [5.74, 6) is -0.736. The fourth-order valence-corrected chi connectivity index (χ4v) is 2.28. The number of carbonyl (C=O) groups is 2. The number of hydrogen-bond acceptors (Lipinski definition) is 4. The van der Waals surface area contributed by atoms with Crippen molar-refractivity contribution in [1.82, 2.24) is 10.3 Å². The van der Waals surface area contributed by atoms with Crippen LogP contribution >= 0.6 is 0 Å². The number of nitrogens with zero attached hydrogens (tertiary/aromatic N) is 1. The number of hydrogen-bond donors (Lipinski definition) is 1. The van der Waals surface area contributed by atoms with Crippen molar-refractivity contribution in [3.05, 3.63) is 65.5 Å². The zero-order chi connectivity index (χ0) is 14.7. The molecule has 5 heteroatoms. The van der Waals surface area contributed by atoms with Gasteiger partial charge >= 0.3 is 5.97 Å². The number of carbonyl (C=O) groups excluding carboxylic acids is 2. The lowest BCUT2D eigenvalue weighted by atomic mass is 9.98. The summed E-state index contributed by atoms with van der Waals surface area (Å²) in [7, 11) is 0. The van der Waals surface area contributed by atoms with Crippen LogP contribution in [-0.2, 0) is 22.5 Å². The van der Waals surface area contributed by atoms with E-state index in [0.29, 0.717) is 18.5 Å². The second-order valence-corrected chi connectivity index (χ2v) is 4.83. The van der Waals surface area contributed by atoms with E-state index in [1.54, 1.807) is 30.6 Å². The van der Waals surface area contributed by atoms with Gasteiger partial charge in [-0.25, -0.2) is 4.79 Å². The number of pyridine rings is 1. The standard InChI is InChI=1S/C16H14N2O3/c19-15(18-10-11-4-3-7-17-9-11)14-8-12-5-1-2-6-13(12)16(20)21-14/h1-7,9,14H,8,10H2,(H,18,19). The first kappa shape index (κ1) is 13.3. The summed E-state index contributed by atoms with van der Waals surface area (Å²) >= 11 is 0. The Morgan fingerprint density at radius 2 is 2.14 bits per heavy atom. The van der Waals surface area contributed by atoms with Crippen molar-refractivity contribution in [3.63, 3.8) is 0 Å². The topological polar surface area (TPSA) is 68.3 Å². The minimum Gasteiger partial charge on any atom is -0.448 e. The summed E-state index contributed by atoms with van der Waals surface area (Å²) in [5, 5.41) is 2.76. The summed E-state index contributed by atoms with van der Waals surface area (Å²) in [6.45, 7) is 0.363. The Balaban J connectivity index is 1.65. The minimum atomic E-state index is -0.774. The Hall–Kier alpha value is -2.69. The van der Waals surface area contributed by atoms with Crippen LogP contribution in [0.15, 0.2) is 48.8 Å².